The van der Waals surface area contributed by atoms with Crippen molar-refractivity contribution in [2.24, 2.45) is 0 Å². The molecule has 0 heterocycles. The maximum absolute atomic E-state index is 9.85. The highest BCUT2D eigenvalue weighted by Gasteiger charge is 2.03. The molecule has 0 radical (unpaired) electrons. The van der Waals surface area contributed by atoms with Gasteiger partial charge in [-0.2, -0.15) is 0 Å². The van der Waals surface area contributed by atoms with E-state index in [4.69, 9.17) is 0 Å². The SMILES string of the molecule is C=C/C=C/CC(O)/C(C)=C/c1ccccc1. The molecule has 1 heteroatoms. The third-order valence-corrected chi connectivity index (χ3v) is 2.35. The molecule has 0 aliphatic heterocycles. The van der Waals surface area contributed by atoms with Gasteiger partial charge in [0.25, 0.3) is 0 Å². The van der Waals surface area contributed by atoms with Crippen LogP contribution in [0.25, 0.3) is 6.08 Å². The Labute approximate surface area is 97.4 Å². The fraction of sp³-hybridized carbons (Fsp3) is 0.200. The number of aliphatic hydroxyl groups excluding tert-OH is 1. The van der Waals surface area contributed by atoms with Gasteiger partial charge in [0, 0.05) is 0 Å². The summed E-state index contributed by atoms with van der Waals surface area (Å²) in [6.45, 7) is 5.53. The molecule has 0 bridgehead atoms. The van der Waals surface area contributed by atoms with Gasteiger partial charge in [-0.25, -0.2) is 0 Å². The summed E-state index contributed by atoms with van der Waals surface area (Å²) in [7, 11) is 0. The average molecular weight is 214 g/mol. The van der Waals surface area contributed by atoms with Crippen LogP contribution in [0.2, 0.25) is 0 Å². The first-order valence-electron chi connectivity index (χ1n) is 5.43. The molecule has 84 valence electrons. The van der Waals surface area contributed by atoms with Crippen LogP contribution in [0, 0.1) is 0 Å². The zero-order valence-corrected chi connectivity index (χ0v) is 9.63. The quantitative estimate of drug-likeness (QED) is 0.743. The zero-order chi connectivity index (χ0) is 11.8. The van der Waals surface area contributed by atoms with Crippen molar-refractivity contribution in [1.29, 1.82) is 0 Å². The Morgan fingerprint density at radius 3 is 2.69 bits per heavy atom. The highest BCUT2D eigenvalue weighted by Crippen LogP contribution is 2.12. The van der Waals surface area contributed by atoms with Crippen LogP contribution < -0.4 is 0 Å². The Bertz CT molecular complexity index is 374. The summed E-state index contributed by atoms with van der Waals surface area (Å²) < 4.78 is 0. The van der Waals surface area contributed by atoms with E-state index in [9.17, 15) is 5.11 Å². The number of hydrogen-bond acceptors (Lipinski definition) is 1. The molecule has 0 aromatic heterocycles. The van der Waals surface area contributed by atoms with Crippen molar-refractivity contribution in [2.75, 3.05) is 0 Å². The van der Waals surface area contributed by atoms with Crippen LogP contribution in [0.15, 0.2) is 60.7 Å². The number of allylic oxidation sites excluding steroid dienone is 2. The highest BCUT2D eigenvalue weighted by molar-refractivity contribution is 5.53. The molecule has 16 heavy (non-hydrogen) atoms. The van der Waals surface area contributed by atoms with Gasteiger partial charge in [0.05, 0.1) is 6.10 Å². The van der Waals surface area contributed by atoms with Crippen LogP contribution in [0.5, 0.6) is 0 Å². The minimum absolute atomic E-state index is 0.420. The predicted octanol–water partition coefficient (Wildman–Crippen LogP) is 3.58. The largest absolute Gasteiger partial charge is 0.388 e. The molecule has 0 amide bonds. The summed E-state index contributed by atoms with van der Waals surface area (Å²) in [6.07, 6.45) is 7.69. The molecule has 1 nitrogen and oxygen atoms in total. The second kappa shape index (κ2) is 6.81. The van der Waals surface area contributed by atoms with E-state index in [-0.39, 0.29) is 0 Å². The Morgan fingerprint density at radius 2 is 2.06 bits per heavy atom. The van der Waals surface area contributed by atoms with Crippen molar-refractivity contribution in [3.63, 3.8) is 0 Å². The number of hydrogen-bond donors (Lipinski definition) is 1. The molecule has 1 N–H and O–H groups in total. The first-order valence-corrected chi connectivity index (χ1v) is 5.43. The molecule has 0 saturated heterocycles. The molecule has 0 aliphatic carbocycles. The van der Waals surface area contributed by atoms with Crippen LogP contribution in [0.1, 0.15) is 18.9 Å². The van der Waals surface area contributed by atoms with E-state index in [0.717, 1.165) is 11.1 Å². The molecule has 1 unspecified atom stereocenters. The molecule has 0 saturated carbocycles. The third kappa shape index (κ3) is 4.28. The van der Waals surface area contributed by atoms with Crippen molar-refractivity contribution in [3.8, 4) is 0 Å². The monoisotopic (exact) mass is 214 g/mol. The molecule has 1 rings (SSSR count). The second-order valence-corrected chi connectivity index (χ2v) is 3.71. The predicted molar refractivity (Wildman–Crippen MR) is 70.1 cm³/mol. The minimum atomic E-state index is -0.420. The zero-order valence-electron chi connectivity index (χ0n) is 9.63. The lowest BCUT2D eigenvalue weighted by Gasteiger charge is -2.08. The van der Waals surface area contributed by atoms with Crippen molar-refractivity contribution >= 4 is 6.08 Å². The molecule has 0 aliphatic rings. The molecule has 0 fully saturated rings. The molecule has 0 spiro atoms. The van der Waals surface area contributed by atoms with Crippen molar-refractivity contribution in [2.45, 2.75) is 19.4 Å². The van der Waals surface area contributed by atoms with E-state index in [1.54, 1.807) is 6.08 Å². The summed E-state index contributed by atoms with van der Waals surface area (Å²) in [6, 6.07) is 10.0. The Balaban J connectivity index is 2.63. The first kappa shape index (κ1) is 12.5. The van der Waals surface area contributed by atoms with Gasteiger partial charge in [-0.1, -0.05) is 61.2 Å². The van der Waals surface area contributed by atoms with Gasteiger partial charge in [0.1, 0.15) is 0 Å². The van der Waals surface area contributed by atoms with Crippen LogP contribution in [-0.2, 0) is 0 Å². The minimum Gasteiger partial charge on any atom is -0.388 e. The van der Waals surface area contributed by atoms with E-state index < -0.39 is 6.10 Å². The van der Waals surface area contributed by atoms with E-state index in [1.165, 1.54) is 0 Å². The highest BCUT2D eigenvalue weighted by atomic mass is 16.3. The van der Waals surface area contributed by atoms with Gasteiger partial charge in [0.2, 0.25) is 0 Å². The van der Waals surface area contributed by atoms with Crippen LogP contribution >= 0.6 is 0 Å². The van der Waals surface area contributed by atoms with E-state index >= 15 is 0 Å². The van der Waals surface area contributed by atoms with Crippen LogP contribution in [0.3, 0.4) is 0 Å². The summed E-state index contributed by atoms with van der Waals surface area (Å²) in [5.41, 5.74) is 2.09. The second-order valence-electron chi connectivity index (χ2n) is 3.71. The number of aliphatic hydroxyl groups is 1. The van der Waals surface area contributed by atoms with Crippen LogP contribution in [-0.4, -0.2) is 11.2 Å². The molecular weight excluding hydrogens is 196 g/mol. The van der Waals surface area contributed by atoms with E-state index in [1.807, 2.05) is 55.5 Å². The maximum Gasteiger partial charge on any atom is 0.0785 e. The summed E-state index contributed by atoms with van der Waals surface area (Å²) in [5.74, 6) is 0. The lowest BCUT2D eigenvalue weighted by Crippen LogP contribution is -2.06. The van der Waals surface area contributed by atoms with Crippen LogP contribution in [0.4, 0.5) is 0 Å². The standard InChI is InChI=1S/C15H18O/c1-3-4-6-11-15(16)13(2)12-14-9-7-5-8-10-14/h3-10,12,15-16H,1,11H2,2H3/b6-4+,13-12+. The van der Waals surface area contributed by atoms with Crippen molar-refractivity contribution in [3.05, 3.63) is 66.3 Å². The normalized spacial score (nSPS) is 14.0. The lowest BCUT2D eigenvalue weighted by molar-refractivity contribution is 0.215. The summed E-state index contributed by atoms with van der Waals surface area (Å²) in [4.78, 5) is 0. The third-order valence-electron chi connectivity index (χ3n) is 2.35. The molecular formula is C15H18O. The molecule has 1 atom stereocenters. The number of benzene rings is 1. The number of rotatable bonds is 5. The van der Waals surface area contributed by atoms with Crippen molar-refractivity contribution in [1.82, 2.24) is 0 Å². The Hall–Kier alpha value is -1.60. The van der Waals surface area contributed by atoms with Gasteiger partial charge in [-0.15, -0.1) is 0 Å². The summed E-state index contributed by atoms with van der Waals surface area (Å²) in [5, 5.41) is 9.85. The summed E-state index contributed by atoms with van der Waals surface area (Å²) >= 11 is 0. The van der Waals surface area contributed by atoms with E-state index in [2.05, 4.69) is 6.58 Å². The molecule has 1 aromatic rings. The topological polar surface area (TPSA) is 20.2 Å². The van der Waals surface area contributed by atoms with Gasteiger partial charge in [-0.05, 0) is 24.5 Å². The Kier molecular flexibility index (Phi) is 5.30. The van der Waals surface area contributed by atoms with Gasteiger partial charge >= 0.3 is 0 Å². The fourth-order valence-electron chi connectivity index (χ4n) is 1.40. The fourth-order valence-corrected chi connectivity index (χ4v) is 1.40. The smallest absolute Gasteiger partial charge is 0.0785 e. The Morgan fingerprint density at radius 1 is 1.38 bits per heavy atom. The maximum atomic E-state index is 9.85. The lowest BCUT2D eigenvalue weighted by atomic mass is 10.0. The average Bonchev–Trinajstić information content (AvgIpc) is 2.30. The van der Waals surface area contributed by atoms with Gasteiger partial charge in [-0.3, -0.25) is 0 Å². The van der Waals surface area contributed by atoms with Gasteiger partial charge in [0.15, 0.2) is 0 Å². The van der Waals surface area contributed by atoms with E-state index in [0.29, 0.717) is 6.42 Å². The first-order chi connectivity index (χ1) is 7.74. The van der Waals surface area contributed by atoms with Crippen molar-refractivity contribution < 1.29 is 5.11 Å². The molecule has 1 aromatic carbocycles. The van der Waals surface area contributed by atoms with Gasteiger partial charge < -0.3 is 5.11 Å².